The van der Waals surface area contributed by atoms with Crippen LogP contribution in [0.15, 0.2) is 72.8 Å². The van der Waals surface area contributed by atoms with Crippen LogP contribution < -0.4 is 0 Å². The van der Waals surface area contributed by atoms with Crippen LogP contribution in [0.2, 0.25) is 5.02 Å². The molecule has 0 saturated carbocycles. The zero-order valence-electron chi connectivity index (χ0n) is 18.5. The predicted molar refractivity (Wildman–Crippen MR) is 132 cm³/mol. The summed E-state index contributed by atoms with van der Waals surface area (Å²) in [7, 11) is 3.42. The number of hydrogen-bond donors (Lipinski definition) is 2. The molecule has 0 amide bonds. The van der Waals surface area contributed by atoms with Gasteiger partial charge in [0, 0.05) is 58.0 Å². The highest BCUT2D eigenvalue weighted by Gasteiger charge is 2.35. The molecule has 0 radical (unpaired) electrons. The molecule has 0 saturated heterocycles. The molecule has 5 rings (SSSR count). The summed E-state index contributed by atoms with van der Waals surface area (Å²) in [6, 6.07) is 22.0. The van der Waals surface area contributed by atoms with Crippen molar-refractivity contribution in [2.75, 3.05) is 0 Å². The third kappa shape index (κ3) is 3.10. The Morgan fingerprint density at radius 3 is 1.56 bits per heavy atom. The number of carboxylic acid groups (broad SMARTS) is 2. The average Bonchev–Trinajstić information content (AvgIpc) is 3.28. The molecule has 5 aromatic rings. The normalized spacial score (nSPS) is 11.5. The van der Waals surface area contributed by atoms with E-state index in [1.165, 1.54) is 0 Å². The van der Waals surface area contributed by atoms with Crippen molar-refractivity contribution >= 4 is 45.3 Å². The van der Waals surface area contributed by atoms with Gasteiger partial charge < -0.3 is 19.3 Å². The van der Waals surface area contributed by atoms with E-state index in [2.05, 4.69) is 0 Å². The maximum absolute atomic E-state index is 12.6. The summed E-state index contributed by atoms with van der Waals surface area (Å²) < 4.78 is 3.28. The molecule has 0 aliphatic rings. The minimum atomic E-state index is -1.09. The Hall–Kier alpha value is -4.03. The van der Waals surface area contributed by atoms with Crippen LogP contribution in [0.1, 0.15) is 43.6 Å². The third-order valence-corrected chi connectivity index (χ3v) is 6.84. The molecule has 2 heterocycles. The number of para-hydroxylation sites is 2. The van der Waals surface area contributed by atoms with Gasteiger partial charge in [0.2, 0.25) is 0 Å². The molecule has 0 atom stereocenters. The summed E-state index contributed by atoms with van der Waals surface area (Å²) in [5, 5.41) is 22.5. The van der Waals surface area contributed by atoms with Crippen molar-refractivity contribution in [1.82, 2.24) is 9.13 Å². The minimum Gasteiger partial charge on any atom is -0.477 e. The SMILES string of the molecule is Cn1c(C(=O)O)c(C(c2ccccc2Cl)c2c(C(=O)O)n(C)c3ccccc23)c2ccccc21. The van der Waals surface area contributed by atoms with E-state index in [-0.39, 0.29) is 11.4 Å². The molecule has 2 aromatic heterocycles. The number of aryl methyl sites for hydroxylation is 2. The fraction of sp³-hybridized carbons (Fsp3) is 0.111. The standard InChI is InChI=1S/C27H21ClN2O4/c1-29-19-13-7-4-10-16(19)22(24(29)26(31)32)21(15-9-3-6-12-18(15)28)23-17-11-5-8-14-20(17)30(2)25(23)27(33)34/h3-14,21H,1-2H3,(H,31,32)(H,33,34). The first-order valence-electron chi connectivity index (χ1n) is 10.7. The molecule has 6 nitrogen and oxygen atoms in total. The average molecular weight is 473 g/mol. The Balaban J connectivity index is 2.03. The van der Waals surface area contributed by atoms with Gasteiger partial charge in [-0.3, -0.25) is 0 Å². The van der Waals surface area contributed by atoms with Crippen molar-refractivity contribution < 1.29 is 19.8 Å². The molecule has 3 aromatic carbocycles. The van der Waals surface area contributed by atoms with Crippen molar-refractivity contribution in [2.45, 2.75) is 5.92 Å². The molecule has 7 heteroatoms. The van der Waals surface area contributed by atoms with Gasteiger partial charge in [-0.15, -0.1) is 0 Å². The van der Waals surface area contributed by atoms with Gasteiger partial charge in [0.1, 0.15) is 11.4 Å². The van der Waals surface area contributed by atoms with Crippen LogP contribution in [0.5, 0.6) is 0 Å². The minimum absolute atomic E-state index is 0.0930. The van der Waals surface area contributed by atoms with E-state index >= 15 is 0 Å². The molecule has 0 unspecified atom stereocenters. The quantitative estimate of drug-likeness (QED) is 0.333. The lowest BCUT2D eigenvalue weighted by Crippen LogP contribution is -2.16. The summed E-state index contributed by atoms with van der Waals surface area (Å²) in [5.74, 6) is -2.92. The first-order valence-corrected chi connectivity index (χ1v) is 11.1. The number of benzene rings is 3. The highest BCUT2D eigenvalue weighted by atomic mass is 35.5. The Bertz CT molecular complexity index is 1510. The largest absolute Gasteiger partial charge is 0.477 e. The van der Waals surface area contributed by atoms with E-state index in [1.807, 2.05) is 60.7 Å². The van der Waals surface area contributed by atoms with Gasteiger partial charge >= 0.3 is 11.9 Å². The second-order valence-corrected chi connectivity index (χ2v) is 8.65. The lowest BCUT2D eigenvalue weighted by Gasteiger charge is -2.21. The summed E-state index contributed by atoms with van der Waals surface area (Å²) in [6.45, 7) is 0. The van der Waals surface area contributed by atoms with Gasteiger partial charge in [-0.25, -0.2) is 9.59 Å². The lowest BCUT2D eigenvalue weighted by molar-refractivity contribution is 0.0677. The maximum Gasteiger partial charge on any atom is 0.352 e. The zero-order valence-corrected chi connectivity index (χ0v) is 19.2. The fourth-order valence-electron chi connectivity index (χ4n) is 5.11. The molecule has 34 heavy (non-hydrogen) atoms. The third-order valence-electron chi connectivity index (χ3n) is 6.49. The van der Waals surface area contributed by atoms with Gasteiger partial charge in [-0.1, -0.05) is 66.2 Å². The first kappa shape index (κ1) is 21.8. The zero-order chi connectivity index (χ0) is 24.1. The Morgan fingerprint density at radius 1 is 0.706 bits per heavy atom. The van der Waals surface area contributed by atoms with E-state index in [0.29, 0.717) is 21.7 Å². The molecule has 0 fully saturated rings. The number of halogens is 1. The number of fused-ring (bicyclic) bond motifs is 2. The van der Waals surface area contributed by atoms with Crippen molar-refractivity contribution in [3.63, 3.8) is 0 Å². The van der Waals surface area contributed by atoms with E-state index in [1.54, 1.807) is 35.4 Å². The van der Waals surface area contributed by atoms with Crippen LogP contribution in [-0.2, 0) is 14.1 Å². The summed E-state index contributed by atoms with van der Waals surface area (Å²) in [6.07, 6.45) is 0. The number of nitrogens with zero attached hydrogens (tertiary/aromatic N) is 2. The molecular formula is C27H21ClN2O4. The second-order valence-electron chi connectivity index (χ2n) is 8.24. The van der Waals surface area contributed by atoms with Gasteiger partial charge in [-0.05, 0) is 23.8 Å². The van der Waals surface area contributed by atoms with Crippen LogP contribution in [0, 0.1) is 0 Å². The van der Waals surface area contributed by atoms with Crippen LogP contribution in [0.3, 0.4) is 0 Å². The molecule has 0 aliphatic carbocycles. The van der Waals surface area contributed by atoms with Gasteiger partial charge in [0.15, 0.2) is 0 Å². The molecule has 0 aliphatic heterocycles. The van der Waals surface area contributed by atoms with Gasteiger partial charge in [-0.2, -0.15) is 0 Å². The molecule has 0 spiro atoms. The topological polar surface area (TPSA) is 84.5 Å². The molecule has 2 N–H and O–H groups in total. The highest BCUT2D eigenvalue weighted by molar-refractivity contribution is 6.31. The summed E-state index contributed by atoms with van der Waals surface area (Å²) in [5.41, 5.74) is 3.33. The number of aromatic nitrogens is 2. The second kappa shape index (κ2) is 8.08. The van der Waals surface area contributed by atoms with Gasteiger partial charge in [0.05, 0.1) is 0 Å². The van der Waals surface area contributed by atoms with E-state index in [4.69, 9.17) is 11.6 Å². The number of aromatic carboxylic acids is 2. The fourth-order valence-corrected chi connectivity index (χ4v) is 5.36. The molecule has 170 valence electrons. The highest BCUT2D eigenvalue weighted by Crippen LogP contribution is 2.46. The summed E-state index contributed by atoms with van der Waals surface area (Å²) in [4.78, 5) is 25.2. The van der Waals surface area contributed by atoms with E-state index < -0.39 is 17.9 Å². The maximum atomic E-state index is 12.6. The van der Waals surface area contributed by atoms with Crippen LogP contribution in [0.25, 0.3) is 21.8 Å². The predicted octanol–water partition coefficient (Wildman–Crippen LogP) is 5.90. The smallest absolute Gasteiger partial charge is 0.352 e. The lowest BCUT2D eigenvalue weighted by atomic mass is 9.81. The number of carbonyl (C=O) groups is 2. The summed E-state index contributed by atoms with van der Waals surface area (Å²) >= 11 is 6.69. The van der Waals surface area contributed by atoms with Crippen molar-refractivity contribution in [1.29, 1.82) is 0 Å². The van der Waals surface area contributed by atoms with Crippen molar-refractivity contribution in [2.24, 2.45) is 14.1 Å². The van der Waals surface area contributed by atoms with Crippen LogP contribution in [-0.4, -0.2) is 31.3 Å². The first-order chi connectivity index (χ1) is 16.3. The van der Waals surface area contributed by atoms with E-state index in [0.717, 1.165) is 21.8 Å². The Labute approximate surface area is 200 Å². The van der Waals surface area contributed by atoms with Crippen molar-refractivity contribution in [3.8, 4) is 0 Å². The number of carboxylic acids is 2. The van der Waals surface area contributed by atoms with Crippen LogP contribution in [0.4, 0.5) is 0 Å². The Kier molecular flexibility index (Phi) is 5.18. The molecular weight excluding hydrogens is 452 g/mol. The number of hydrogen-bond acceptors (Lipinski definition) is 2. The monoisotopic (exact) mass is 472 g/mol. The van der Waals surface area contributed by atoms with Gasteiger partial charge in [0.25, 0.3) is 0 Å². The van der Waals surface area contributed by atoms with Crippen LogP contribution >= 0.6 is 11.6 Å². The Morgan fingerprint density at radius 2 is 1.12 bits per heavy atom. The number of rotatable bonds is 5. The van der Waals surface area contributed by atoms with E-state index in [9.17, 15) is 19.8 Å². The molecule has 0 bridgehead atoms. The van der Waals surface area contributed by atoms with Crippen molar-refractivity contribution in [3.05, 3.63) is 106 Å².